The second-order valence-electron chi connectivity index (χ2n) is 6.42. The van der Waals surface area contributed by atoms with E-state index in [1.54, 1.807) is 0 Å². The van der Waals surface area contributed by atoms with Gasteiger partial charge in [-0.05, 0) is 57.0 Å². The molecule has 0 aromatic heterocycles. The number of carbonyl (C=O) groups excluding carboxylic acids is 1. The van der Waals surface area contributed by atoms with Gasteiger partial charge in [-0.3, -0.25) is 4.79 Å². The van der Waals surface area contributed by atoms with Gasteiger partial charge in [0.2, 0.25) is 5.91 Å². The molecular weight excluding hydrogens is 224 g/mol. The number of amides is 1. The average molecular weight is 252 g/mol. The van der Waals surface area contributed by atoms with Gasteiger partial charge in [0.25, 0.3) is 0 Å². The third kappa shape index (κ3) is 4.27. The minimum absolute atomic E-state index is 0.409. The molecule has 0 aromatic rings. The van der Waals surface area contributed by atoms with Crippen molar-refractivity contribution in [3.8, 4) is 0 Å². The fourth-order valence-corrected chi connectivity index (χ4v) is 2.76. The lowest BCUT2D eigenvalue weighted by atomic mass is 9.95. The summed E-state index contributed by atoms with van der Waals surface area (Å²) in [7, 11) is 0. The van der Waals surface area contributed by atoms with Crippen molar-refractivity contribution in [2.24, 2.45) is 11.8 Å². The maximum Gasteiger partial charge on any atom is 0.223 e. The van der Waals surface area contributed by atoms with Gasteiger partial charge in [0.15, 0.2) is 0 Å². The zero-order valence-electron chi connectivity index (χ0n) is 12.0. The van der Waals surface area contributed by atoms with E-state index in [-0.39, 0.29) is 0 Å². The van der Waals surface area contributed by atoms with E-state index in [0.29, 0.717) is 23.8 Å². The van der Waals surface area contributed by atoms with Crippen LogP contribution < -0.4 is 5.32 Å². The molecule has 1 saturated carbocycles. The number of nitrogens with one attached hydrogen (secondary N) is 1. The largest absolute Gasteiger partial charge is 0.340 e. The summed E-state index contributed by atoms with van der Waals surface area (Å²) >= 11 is 0. The molecule has 104 valence electrons. The molecule has 1 N–H and O–H groups in total. The van der Waals surface area contributed by atoms with E-state index in [9.17, 15) is 4.79 Å². The van der Waals surface area contributed by atoms with Crippen LogP contribution in [-0.2, 0) is 4.79 Å². The molecule has 3 nitrogen and oxygen atoms in total. The minimum atomic E-state index is 0.409. The van der Waals surface area contributed by atoms with Gasteiger partial charge in [-0.1, -0.05) is 13.8 Å². The first kappa shape index (κ1) is 13.9. The SMILES string of the molecule is CC(C)CCN(C(=O)CC1CCCNC1)C1CC1. The first-order valence-electron chi connectivity index (χ1n) is 7.67. The first-order valence-corrected chi connectivity index (χ1v) is 7.67. The summed E-state index contributed by atoms with van der Waals surface area (Å²) in [6.07, 6.45) is 6.82. The molecule has 0 bridgehead atoms. The third-order valence-electron chi connectivity index (χ3n) is 4.12. The van der Waals surface area contributed by atoms with Crippen LogP contribution in [-0.4, -0.2) is 36.5 Å². The minimum Gasteiger partial charge on any atom is -0.340 e. The molecule has 1 unspecified atom stereocenters. The Morgan fingerprint density at radius 1 is 1.33 bits per heavy atom. The Bertz CT molecular complexity index is 268. The molecule has 1 aliphatic heterocycles. The normalized spacial score (nSPS) is 24.3. The van der Waals surface area contributed by atoms with Crippen molar-refractivity contribution in [1.29, 1.82) is 0 Å². The molecule has 2 aliphatic rings. The number of piperidine rings is 1. The molecular formula is C15H28N2O. The summed E-state index contributed by atoms with van der Waals surface area (Å²) in [4.78, 5) is 14.6. The van der Waals surface area contributed by atoms with E-state index in [4.69, 9.17) is 0 Å². The van der Waals surface area contributed by atoms with Gasteiger partial charge >= 0.3 is 0 Å². The smallest absolute Gasteiger partial charge is 0.223 e. The van der Waals surface area contributed by atoms with E-state index in [1.807, 2.05) is 0 Å². The van der Waals surface area contributed by atoms with Crippen LogP contribution in [0.15, 0.2) is 0 Å². The Hall–Kier alpha value is -0.570. The second kappa shape index (κ2) is 6.55. The van der Waals surface area contributed by atoms with Gasteiger partial charge in [-0.15, -0.1) is 0 Å². The maximum atomic E-state index is 12.4. The lowest BCUT2D eigenvalue weighted by molar-refractivity contribution is -0.133. The van der Waals surface area contributed by atoms with Crippen molar-refractivity contribution < 1.29 is 4.79 Å². The van der Waals surface area contributed by atoms with Crippen molar-refractivity contribution in [2.75, 3.05) is 19.6 Å². The highest BCUT2D eigenvalue weighted by atomic mass is 16.2. The highest BCUT2D eigenvalue weighted by Crippen LogP contribution is 2.29. The predicted molar refractivity (Wildman–Crippen MR) is 74.4 cm³/mol. The van der Waals surface area contributed by atoms with Crippen LogP contribution in [0, 0.1) is 11.8 Å². The number of hydrogen-bond donors (Lipinski definition) is 1. The first-order chi connectivity index (χ1) is 8.66. The van der Waals surface area contributed by atoms with Gasteiger partial charge in [0.1, 0.15) is 0 Å². The highest BCUT2D eigenvalue weighted by Gasteiger charge is 2.33. The Kier molecular flexibility index (Phi) is 5.04. The van der Waals surface area contributed by atoms with E-state index in [1.165, 1.54) is 25.7 Å². The molecule has 1 amide bonds. The standard InChI is InChI=1S/C15H28N2O/c1-12(2)7-9-17(14-5-6-14)15(18)10-13-4-3-8-16-11-13/h12-14,16H,3-11H2,1-2H3. The lowest BCUT2D eigenvalue weighted by Gasteiger charge is -2.28. The van der Waals surface area contributed by atoms with Gasteiger partial charge in [0, 0.05) is 19.0 Å². The fraction of sp³-hybridized carbons (Fsp3) is 0.933. The van der Waals surface area contributed by atoms with Crippen LogP contribution in [0.25, 0.3) is 0 Å². The van der Waals surface area contributed by atoms with Crippen LogP contribution in [0.1, 0.15) is 52.4 Å². The van der Waals surface area contributed by atoms with Gasteiger partial charge in [-0.2, -0.15) is 0 Å². The van der Waals surface area contributed by atoms with Crippen LogP contribution in [0.3, 0.4) is 0 Å². The molecule has 1 heterocycles. The second-order valence-corrected chi connectivity index (χ2v) is 6.42. The molecule has 18 heavy (non-hydrogen) atoms. The van der Waals surface area contributed by atoms with Crippen molar-refractivity contribution >= 4 is 5.91 Å². The summed E-state index contributed by atoms with van der Waals surface area (Å²) in [6, 6.07) is 0.577. The molecule has 0 spiro atoms. The van der Waals surface area contributed by atoms with E-state index in [2.05, 4.69) is 24.1 Å². The molecule has 1 aliphatic carbocycles. The summed E-state index contributed by atoms with van der Waals surface area (Å²) in [5.41, 5.74) is 0. The molecule has 1 atom stereocenters. The average Bonchev–Trinajstić information content (AvgIpc) is 3.14. The quantitative estimate of drug-likeness (QED) is 0.787. The van der Waals surface area contributed by atoms with Crippen LogP contribution in [0.5, 0.6) is 0 Å². The number of hydrogen-bond acceptors (Lipinski definition) is 2. The van der Waals surface area contributed by atoms with Crippen LogP contribution in [0.2, 0.25) is 0 Å². The van der Waals surface area contributed by atoms with E-state index in [0.717, 1.165) is 32.5 Å². The van der Waals surface area contributed by atoms with Crippen molar-refractivity contribution in [2.45, 2.75) is 58.4 Å². The van der Waals surface area contributed by atoms with Gasteiger partial charge in [0.05, 0.1) is 0 Å². The summed E-state index contributed by atoms with van der Waals surface area (Å²) in [5.74, 6) is 1.67. The predicted octanol–water partition coefficient (Wildman–Crippen LogP) is 2.41. The summed E-state index contributed by atoms with van der Waals surface area (Å²) in [6.45, 7) is 7.61. The molecule has 0 aromatic carbocycles. The Balaban J connectivity index is 1.79. The van der Waals surface area contributed by atoms with Crippen molar-refractivity contribution in [1.82, 2.24) is 10.2 Å². The zero-order valence-corrected chi connectivity index (χ0v) is 12.0. The summed E-state index contributed by atoms with van der Waals surface area (Å²) < 4.78 is 0. The van der Waals surface area contributed by atoms with Crippen LogP contribution in [0.4, 0.5) is 0 Å². The monoisotopic (exact) mass is 252 g/mol. The zero-order chi connectivity index (χ0) is 13.0. The molecule has 2 fully saturated rings. The van der Waals surface area contributed by atoms with Gasteiger partial charge < -0.3 is 10.2 Å². The highest BCUT2D eigenvalue weighted by molar-refractivity contribution is 5.77. The fourth-order valence-electron chi connectivity index (χ4n) is 2.76. The number of carbonyl (C=O) groups is 1. The maximum absolute atomic E-state index is 12.4. The molecule has 3 heteroatoms. The summed E-state index contributed by atoms with van der Waals surface area (Å²) in [5, 5.41) is 3.40. The molecule has 2 rings (SSSR count). The van der Waals surface area contributed by atoms with E-state index < -0.39 is 0 Å². The number of rotatable bonds is 6. The van der Waals surface area contributed by atoms with Crippen molar-refractivity contribution in [3.05, 3.63) is 0 Å². The third-order valence-corrected chi connectivity index (χ3v) is 4.12. The Labute approximate surface area is 111 Å². The Morgan fingerprint density at radius 2 is 2.11 bits per heavy atom. The topological polar surface area (TPSA) is 32.3 Å². The number of nitrogens with zero attached hydrogens (tertiary/aromatic N) is 1. The van der Waals surface area contributed by atoms with Gasteiger partial charge in [-0.25, -0.2) is 0 Å². The lowest BCUT2D eigenvalue weighted by Crippen LogP contribution is -2.38. The molecule has 1 saturated heterocycles. The molecule has 0 radical (unpaired) electrons. The van der Waals surface area contributed by atoms with Crippen LogP contribution >= 0.6 is 0 Å². The van der Waals surface area contributed by atoms with Crippen molar-refractivity contribution in [3.63, 3.8) is 0 Å². The van der Waals surface area contributed by atoms with E-state index >= 15 is 0 Å². The Morgan fingerprint density at radius 3 is 2.67 bits per heavy atom.